The molecule has 174 valence electrons. The average Bonchev–Trinajstić information content (AvgIpc) is 3.60. The lowest BCUT2D eigenvalue weighted by atomic mass is 9.96. The van der Waals surface area contributed by atoms with Gasteiger partial charge in [0.1, 0.15) is 0 Å². The maximum atomic E-state index is 13.7. The fraction of sp³-hybridized carbons (Fsp3) is 0.115. The zero-order chi connectivity index (χ0) is 24.1. The molecular formula is C26H18N2O7. The number of amides is 1. The molecule has 4 heterocycles. The SMILES string of the molecule is COc1cccc2cc(C(=O)C3=C(O)C(=O)N(c4ccc5c(c4)OCO5)C3c3cccnc3)oc12. The molecule has 35 heavy (non-hydrogen) atoms. The number of benzene rings is 2. The van der Waals surface area contributed by atoms with Crippen molar-refractivity contribution in [3.05, 3.63) is 89.6 Å². The number of furan rings is 1. The van der Waals surface area contributed by atoms with Gasteiger partial charge in [0.25, 0.3) is 5.91 Å². The molecule has 9 nitrogen and oxygen atoms in total. The summed E-state index contributed by atoms with van der Waals surface area (Å²) in [6.45, 7) is 0.0710. The first-order valence-electron chi connectivity index (χ1n) is 10.7. The van der Waals surface area contributed by atoms with Gasteiger partial charge in [0.15, 0.2) is 34.4 Å². The Bertz CT molecular complexity index is 1520. The van der Waals surface area contributed by atoms with Crippen LogP contribution < -0.4 is 19.1 Å². The van der Waals surface area contributed by atoms with Crippen LogP contribution in [0.1, 0.15) is 22.2 Å². The van der Waals surface area contributed by atoms with Gasteiger partial charge < -0.3 is 23.7 Å². The minimum Gasteiger partial charge on any atom is -0.503 e. The van der Waals surface area contributed by atoms with Crippen molar-refractivity contribution in [3.8, 4) is 17.2 Å². The first kappa shape index (κ1) is 20.8. The van der Waals surface area contributed by atoms with Crippen molar-refractivity contribution in [2.24, 2.45) is 0 Å². The lowest BCUT2D eigenvalue weighted by molar-refractivity contribution is -0.117. The van der Waals surface area contributed by atoms with Gasteiger partial charge in [0.05, 0.1) is 18.7 Å². The van der Waals surface area contributed by atoms with E-state index in [0.717, 1.165) is 0 Å². The lowest BCUT2D eigenvalue weighted by Gasteiger charge is -2.26. The fourth-order valence-electron chi connectivity index (χ4n) is 4.43. The molecule has 0 fully saturated rings. The van der Waals surface area contributed by atoms with Gasteiger partial charge in [-0.1, -0.05) is 18.2 Å². The minimum atomic E-state index is -0.945. The predicted octanol–water partition coefficient (Wildman–Crippen LogP) is 4.35. The van der Waals surface area contributed by atoms with Gasteiger partial charge in [-0.15, -0.1) is 0 Å². The molecule has 2 aromatic heterocycles. The van der Waals surface area contributed by atoms with Crippen molar-refractivity contribution >= 4 is 28.3 Å². The van der Waals surface area contributed by atoms with Gasteiger partial charge in [0, 0.05) is 29.5 Å². The molecule has 0 aliphatic carbocycles. The summed E-state index contributed by atoms with van der Waals surface area (Å²) in [5, 5.41) is 11.6. The number of hydrogen-bond donors (Lipinski definition) is 1. The number of nitrogens with zero attached hydrogens (tertiary/aromatic N) is 2. The average molecular weight is 470 g/mol. The third-order valence-corrected chi connectivity index (χ3v) is 6.04. The number of aliphatic hydroxyl groups is 1. The van der Waals surface area contributed by atoms with Crippen LogP contribution in [0.2, 0.25) is 0 Å². The highest BCUT2D eigenvalue weighted by atomic mass is 16.7. The van der Waals surface area contributed by atoms with E-state index < -0.39 is 23.5 Å². The van der Waals surface area contributed by atoms with E-state index in [1.165, 1.54) is 12.0 Å². The van der Waals surface area contributed by atoms with Crippen molar-refractivity contribution < 1.29 is 33.3 Å². The molecule has 2 aliphatic heterocycles. The van der Waals surface area contributed by atoms with Crippen molar-refractivity contribution in [1.29, 1.82) is 0 Å². The standard InChI is InChI=1S/C26H18N2O7/c1-32-18-6-2-4-14-10-20(35-25(14)18)23(29)21-22(15-5-3-9-27-12-15)28(26(31)24(21)30)16-7-8-17-19(11-16)34-13-33-17/h2-12,22,30H,13H2,1H3. The predicted molar refractivity (Wildman–Crippen MR) is 124 cm³/mol. The summed E-state index contributed by atoms with van der Waals surface area (Å²) >= 11 is 0. The summed E-state index contributed by atoms with van der Waals surface area (Å²) in [5.41, 5.74) is 1.25. The summed E-state index contributed by atoms with van der Waals surface area (Å²) in [6, 6.07) is 14.3. The zero-order valence-electron chi connectivity index (χ0n) is 18.4. The molecule has 1 N–H and O–H groups in total. The number of methoxy groups -OCH3 is 1. The van der Waals surface area contributed by atoms with Crippen LogP contribution in [0.4, 0.5) is 5.69 Å². The molecule has 1 atom stereocenters. The highest BCUT2D eigenvalue weighted by Gasteiger charge is 2.46. The van der Waals surface area contributed by atoms with E-state index in [-0.39, 0.29) is 18.1 Å². The highest BCUT2D eigenvalue weighted by molar-refractivity contribution is 6.20. The van der Waals surface area contributed by atoms with E-state index in [1.807, 2.05) is 0 Å². The summed E-state index contributed by atoms with van der Waals surface area (Å²) in [6.07, 6.45) is 3.13. The van der Waals surface area contributed by atoms with Crippen LogP contribution in [-0.4, -0.2) is 35.7 Å². The molecule has 1 unspecified atom stereocenters. The van der Waals surface area contributed by atoms with Crippen LogP contribution in [0.5, 0.6) is 17.2 Å². The number of aliphatic hydroxyl groups excluding tert-OH is 1. The van der Waals surface area contributed by atoms with Crippen molar-refractivity contribution in [3.63, 3.8) is 0 Å². The third kappa shape index (κ3) is 3.20. The molecular weight excluding hydrogens is 452 g/mol. The number of ether oxygens (including phenoxy) is 3. The molecule has 0 saturated carbocycles. The Labute approximate surface area is 198 Å². The van der Waals surface area contributed by atoms with Crippen LogP contribution >= 0.6 is 0 Å². The first-order valence-corrected chi connectivity index (χ1v) is 10.7. The second-order valence-electron chi connectivity index (χ2n) is 7.98. The van der Waals surface area contributed by atoms with Crippen LogP contribution in [0.3, 0.4) is 0 Å². The maximum absolute atomic E-state index is 13.7. The van der Waals surface area contributed by atoms with E-state index in [2.05, 4.69) is 4.98 Å². The van der Waals surface area contributed by atoms with Gasteiger partial charge >= 0.3 is 0 Å². The molecule has 0 spiro atoms. The zero-order valence-corrected chi connectivity index (χ0v) is 18.4. The maximum Gasteiger partial charge on any atom is 0.294 e. The summed E-state index contributed by atoms with van der Waals surface area (Å²) in [5.74, 6) is -0.560. The van der Waals surface area contributed by atoms with Gasteiger partial charge in [-0.25, -0.2) is 0 Å². The van der Waals surface area contributed by atoms with Gasteiger partial charge in [-0.3, -0.25) is 19.5 Å². The van der Waals surface area contributed by atoms with Crippen LogP contribution in [-0.2, 0) is 4.79 Å². The smallest absolute Gasteiger partial charge is 0.294 e. The minimum absolute atomic E-state index is 0.0275. The number of hydrogen-bond acceptors (Lipinski definition) is 8. The number of para-hydroxylation sites is 1. The second-order valence-corrected chi connectivity index (χ2v) is 7.98. The number of carbonyl (C=O) groups excluding carboxylic acids is 2. The topological polar surface area (TPSA) is 111 Å². The van der Waals surface area contributed by atoms with E-state index in [0.29, 0.717) is 39.5 Å². The van der Waals surface area contributed by atoms with Crippen molar-refractivity contribution in [2.75, 3.05) is 18.8 Å². The van der Waals surface area contributed by atoms with Crippen LogP contribution in [0, 0.1) is 0 Å². The third-order valence-electron chi connectivity index (χ3n) is 6.04. The first-order chi connectivity index (χ1) is 17.1. The Morgan fingerprint density at radius 2 is 1.97 bits per heavy atom. The molecule has 0 bridgehead atoms. The Balaban J connectivity index is 1.48. The number of fused-ring (bicyclic) bond motifs is 2. The van der Waals surface area contributed by atoms with Crippen molar-refractivity contribution in [2.45, 2.75) is 6.04 Å². The summed E-state index contributed by atoms with van der Waals surface area (Å²) in [4.78, 5) is 32.5. The number of anilines is 1. The number of pyridine rings is 1. The molecule has 4 aromatic rings. The van der Waals surface area contributed by atoms with Crippen molar-refractivity contribution in [1.82, 2.24) is 4.98 Å². The largest absolute Gasteiger partial charge is 0.503 e. The summed E-state index contributed by atoms with van der Waals surface area (Å²) in [7, 11) is 1.50. The Kier molecular flexibility index (Phi) is 4.70. The molecule has 0 saturated heterocycles. The molecule has 6 rings (SSSR count). The number of carbonyl (C=O) groups is 2. The van der Waals surface area contributed by atoms with Gasteiger partial charge in [-0.2, -0.15) is 0 Å². The molecule has 0 radical (unpaired) electrons. The van der Waals surface area contributed by atoms with E-state index in [9.17, 15) is 14.7 Å². The Hall–Kier alpha value is -4.79. The molecule has 9 heteroatoms. The van der Waals surface area contributed by atoms with Crippen LogP contribution in [0.15, 0.2) is 82.7 Å². The number of ketones is 1. The second kappa shape index (κ2) is 7.91. The normalized spacial score (nSPS) is 16.9. The number of Topliss-reactive ketones (excluding diaryl/α,β-unsaturated/α-hetero) is 1. The molecule has 1 amide bonds. The monoisotopic (exact) mass is 470 g/mol. The number of aromatic nitrogens is 1. The van der Waals surface area contributed by atoms with Gasteiger partial charge in [0.2, 0.25) is 12.6 Å². The number of rotatable bonds is 5. The van der Waals surface area contributed by atoms with E-state index in [1.54, 1.807) is 67.0 Å². The fourth-order valence-corrected chi connectivity index (χ4v) is 4.43. The quantitative estimate of drug-likeness (QED) is 0.429. The summed E-state index contributed by atoms with van der Waals surface area (Å²) < 4.78 is 22.0. The van der Waals surface area contributed by atoms with E-state index in [4.69, 9.17) is 18.6 Å². The Morgan fingerprint density at radius 1 is 1.11 bits per heavy atom. The molecule has 2 aliphatic rings. The Morgan fingerprint density at radius 3 is 2.77 bits per heavy atom. The lowest BCUT2D eigenvalue weighted by Crippen LogP contribution is -2.31. The molecule has 2 aromatic carbocycles. The van der Waals surface area contributed by atoms with Gasteiger partial charge in [-0.05, 0) is 35.9 Å². The van der Waals surface area contributed by atoms with E-state index >= 15 is 0 Å². The van der Waals surface area contributed by atoms with Crippen LogP contribution in [0.25, 0.3) is 11.0 Å². The highest BCUT2D eigenvalue weighted by Crippen LogP contribution is 2.45.